The molecule has 6 nitrogen and oxygen atoms in total. The van der Waals surface area contributed by atoms with E-state index in [1.807, 2.05) is 0 Å². The number of ether oxygens (including phenoxy) is 1. The molecule has 0 radical (unpaired) electrons. The molecule has 0 aliphatic heterocycles. The third kappa shape index (κ3) is 1.88. The van der Waals surface area contributed by atoms with Gasteiger partial charge in [0.2, 0.25) is 0 Å². The Hall–Kier alpha value is -1.82. The number of H-pyrrole nitrogens is 1. The molecule has 0 fully saturated rings. The summed E-state index contributed by atoms with van der Waals surface area (Å²) in [5.74, 6) is -0.480. The standard InChI is InChI=1S/C11H12ClN3O3/c1-5-7(4-8(16)18-3)11(17)15-10(13-5)9(12)6(2)14-15/h14H,4H2,1-3H3. The van der Waals surface area contributed by atoms with Gasteiger partial charge in [0.1, 0.15) is 5.02 Å². The summed E-state index contributed by atoms with van der Waals surface area (Å²) in [7, 11) is 1.27. The molecule has 0 atom stereocenters. The molecule has 0 aromatic carbocycles. The van der Waals surface area contributed by atoms with E-state index in [1.54, 1.807) is 13.8 Å². The van der Waals surface area contributed by atoms with Crippen LogP contribution in [-0.4, -0.2) is 27.7 Å². The molecule has 2 rings (SSSR count). The van der Waals surface area contributed by atoms with Gasteiger partial charge in [-0.25, -0.2) is 4.98 Å². The third-order valence-electron chi connectivity index (χ3n) is 2.74. The number of aromatic amines is 1. The molecule has 2 aromatic heterocycles. The zero-order valence-corrected chi connectivity index (χ0v) is 11.0. The van der Waals surface area contributed by atoms with E-state index < -0.39 is 5.97 Å². The first-order valence-electron chi connectivity index (χ1n) is 5.28. The molecule has 0 bridgehead atoms. The maximum atomic E-state index is 12.2. The summed E-state index contributed by atoms with van der Waals surface area (Å²) in [5, 5.41) is 3.21. The highest BCUT2D eigenvalue weighted by Gasteiger charge is 2.17. The molecule has 0 aliphatic rings. The number of halogens is 1. The maximum absolute atomic E-state index is 12.2. The van der Waals surface area contributed by atoms with Gasteiger partial charge < -0.3 is 4.74 Å². The van der Waals surface area contributed by atoms with Crippen LogP contribution >= 0.6 is 11.6 Å². The van der Waals surface area contributed by atoms with E-state index in [4.69, 9.17) is 11.6 Å². The van der Waals surface area contributed by atoms with Gasteiger partial charge in [-0.15, -0.1) is 0 Å². The second-order valence-corrected chi connectivity index (χ2v) is 4.32. The molecule has 1 N–H and O–H groups in total. The highest BCUT2D eigenvalue weighted by Crippen LogP contribution is 2.19. The number of aryl methyl sites for hydroxylation is 2. The van der Waals surface area contributed by atoms with Crippen LogP contribution in [0.3, 0.4) is 0 Å². The van der Waals surface area contributed by atoms with Crippen LogP contribution in [0.1, 0.15) is 17.0 Å². The van der Waals surface area contributed by atoms with Crippen molar-refractivity contribution in [3.8, 4) is 0 Å². The minimum Gasteiger partial charge on any atom is -0.469 e. The summed E-state index contributed by atoms with van der Waals surface area (Å²) in [6.45, 7) is 3.41. The van der Waals surface area contributed by atoms with Gasteiger partial charge in [0.25, 0.3) is 5.56 Å². The van der Waals surface area contributed by atoms with E-state index in [0.29, 0.717) is 27.6 Å². The molecule has 0 unspecified atom stereocenters. The van der Waals surface area contributed by atoms with Crippen LogP contribution in [0.15, 0.2) is 4.79 Å². The number of carbonyl (C=O) groups is 1. The van der Waals surface area contributed by atoms with Crippen molar-refractivity contribution in [3.63, 3.8) is 0 Å². The molecule has 2 heterocycles. The van der Waals surface area contributed by atoms with Crippen LogP contribution in [0, 0.1) is 13.8 Å². The van der Waals surface area contributed by atoms with Crippen molar-refractivity contribution >= 4 is 23.2 Å². The number of rotatable bonds is 2. The highest BCUT2D eigenvalue weighted by molar-refractivity contribution is 6.34. The van der Waals surface area contributed by atoms with Crippen molar-refractivity contribution in [1.82, 2.24) is 14.6 Å². The fourth-order valence-electron chi connectivity index (χ4n) is 1.72. The quantitative estimate of drug-likeness (QED) is 0.826. The van der Waals surface area contributed by atoms with Crippen LogP contribution in [0.5, 0.6) is 0 Å². The number of methoxy groups -OCH3 is 1. The minimum absolute atomic E-state index is 0.104. The summed E-state index contributed by atoms with van der Waals surface area (Å²) in [5.41, 5.74) is 1.46. The lowest BCUT2D eigenvalue weighted by Gasteiger charge is -2.04. The Morgan fingerprint density at radius 3 is 2.78 bits per heavy atom. The third-order valence-corrected chi connectivity index (χ3v) is 3.19. The summed E-state index contributed by atoms with van der Waals surface area (Å²) in [6.07, 6.45) is -0.104. The topological polar surface area (TPSA) is 76.5 Å². The van der Waals surface area contributed by atoms with E-state index in [9.17, 15) is 9.59 Å². The van der Waals surface area contributed by atoms with Gasteiger partial charge in [-0.2, -0.15) is 4.52 Å². The predicted octanol–water partition coefficient (Wildman–Crippen LogP) is 1.01. The fraction of sp³-hybridized carbons (Fsp3) is 0.364. The van der Waals surface area contributed by atoms with Gasteiger partial charge in [0.15, 0.2) is 5.65 Å². The van der Waals surface area contributed by atoms with Gasteiger partial charge >= 0.3 is 5.97 Å². The van der Waals surface area contributed by atoms with E-state index in [-0.39, 0.29) is 12.0 Å². The van der Waals surface area contributed by atoms with E-state index in [1.165, 1.54) is 11.6 Å². The van der Waals surface area contributed by atoms with Gasteiger partial charge in [-0.05, 0) is 13.8 Å². The van der Waals surface area contributed by atoms with Gasteiger partial charge in [0.05, 0.1) is 24.8 Å². The number of aromatic nitrogens is 3. The Labute approximate surface area is 108 Å². The monoisotopic (exact) mass is 269 g/mol. The zero-order chi connectivity index (χ0) is 13.4. The summed E-state index contributed by atoms with van der Waals surface area (Å²) in [6, 6.07) is 0. The number of nitrogens with one attached hydrogen (secondary N) is 1. The smallest absolute Gasteiger partial charge is 0.310 e. The van der Waals surface area contributed by atoms with E-state index >= 15 is 0 Å². The van der Waals surface area contributed by atoms with Gasteiger partial charge in [0, 0.05) is 5.69 Å². The van der Waals surface area contributed by atoms with Gasteiger partial charge in [-0.3, -0.25) is 14.7 Å². The predicted molar refractivity (Wildman–Crippen MR) is 66.0 cm³/mol. The molecule has 0 amide bonds. The zero-order valence-electron chi connectivity index (χ0n) is 10.2. The van der Waals surface area contributed by atoms with Crippen molar-refractivity contribution in [2.45, 2.75) is 20.3 Å². The molecule has 18 heavy (non-hydrogen) atoms. The SMILES string of the molecule is COC(=O)Cc1c(C)nc2c(Cl)c(C)[nH]n2c1=O. The number of fused-ring (bicyclic) bond motifs is 1. The Kier molecular flexibility index (Phi) is 3.13. The first kappa shape index (κ1) is 12.6. The van der Waals surface area contributed by atoms with E-state index in [0.717, 1.165) is 0 Å². The molecule has 0 spiro atoms. The molecule has 7 heteroatoms. The maximum Gasteiger partial charge on any atom is 0.310 e. The first-order valence-corrected chi connectivity index (χ1v) is 5.66. The second-order valence-electron chi connectivity index (χ2n) is 3.94. The molecule has 96 valence electrons. The average molecular weight is 270 g/mol. The van der Waals surface area contributed by atoms with Crippen LogP contribution in [0.2, 0.25) is 5.02 Å². The van der Waals surface area contributed by atoms with Crippen LogP contribution in [0.4, 0.5) is 0 Å². The lowest BCUT2D eigenvalue weighted by Crippen LogP contribution is -2.24. The van der Waals surface area contributed by atoms with Crippen LogP contribution in [0.25, 0.3) is 5.65 Å². The Morgan fingerprint density at radius 1 is 1.50 bits per heavy atom. The molecular formula is C11H12ClN3O3. The number of hydrogen-bond donors (Lipinski definition) is 1. The number of hydrogen-bond acceptors (Lipinski definition) is 4. The molecule has 2 aromatic rings. The normalized spacial score (nSPS) is 10.9. The molecule has 0 aliphatic carbocycles. The summed E-state index contributed by atoms with van der Waals surface area (Å²) >= 11 is 6.03. The largest absolute Gasteiger partial charge is 0.469 e. The lowest BCUT2D eigenvalue weighted by atomic mass is 10.2. The fourth-order valence-corrected chi connectivity index (χ4v) is 1.89. The van der Waals surface area contributed by atoms with Crippen molar-refractivity contribution in [3.05, 3.63) is 32.3 Å². The first-order chi connectivity index (χ1) is 8.45. The van der Waals surface area contributed by atoms with Crippen molar-refractivity contribution < 1.29 is 9.53 Å². The summed E-state index contributed by atoms with van der Waals surface area (Å²) in [4.78, 5) is 27.7. The Balaban J connectivity index is 2.69. The number of carbonyl (C=O) groups excluding carboxylic acids is 1. The van der Waals surface area contributed by atoms with Gasteiger partial charge in [-0.1, -0.05) is 11.6 Å². The molecule has 0 saturated heterocycles. The van der Waals surface area contributed by atoms with Crippen LogP contribution in [-0.2, 0) is 16.0 Å². The van der Waals surface area contributed by atoms with E-state index in [2.05, 4.69) is 14.8 Å². The van der Waals surface area contributed by atoms with Crippen molar-refractivity contribution in [1.29, 1.82) is 0 Å². The average Bonchev–Trinajstić information content (AvgIpc) is 2.62. The molecular weight excluding hydrogens is 258 g/mol. The number of esters is 1. The Morgan fingerprint density at radius 2 is 2.17 bits per heavy atom. The number of nitrogens with zero attached hydrogens (tertiary/aromatic N) is 2. The van der Waals surface area contributed by atoms with Crippen molar-refractivity contribution in [2.24, 2.45) is 0 Å². The highest BCUT2D eigenvalue weighted by atomic mass is 35.5. The van der Waals surface area contributed by atoms with Crippen molar-refractivity contribution in [2.75, 3.05) is 7.11 Å². The summed E-state index contributed by atoms with van der Waals surface area (Å²) < 4.78 is 5.79. The lowest BCUT2D eigenvalue weighted by molar-refractivity contribution is -0.139. The van der Waals surface area contributed by atoms with Crippen LogP contribution < -0.4 is 5.56 Å². The molecule has 0 saturated carbocycles. The second kappa shape index (κ2) is 4.45. The Bertz CT molecular complexity index is 687. The minimum atomic E-state index is -0.480.